The minimum Gasteiger partial charge on any atom is -0.464 e. The topological polar surface area (TPSA) is 35.5 Å². The molecule has 0 aliphatic rings. The van der Waals surface area contributed by atoms with E-state index < -0.39 is 12.8 Å². The number of carbonyl (C=O) groups excluding carboxylic acids is 1. The van der Waals surface area contributed by atoms with E-state index in [0.29, 0.717) is 6.61 Å². The number of halogens is 2. The van der Waals surface area contributed by atoms with E-state index in [-0.39, 0.29) is 6.61 Å². The Hall–Kier alpha value is 0.440. The van der Waals surface area contributed by atoms with Crippen molar-refractivity contribution in [3.8, 4) is 0 Å². The van der Waals surface area contributed by atoms with E-state index >= 15 is 0 Å². The predicted octanol–water partition coefficient (Wildman–Crippen LogP) is 2.27. The second-order valence-corrected chi connectivity index (χ2v) is 4.30. The lowest BCUT2D eigenvalue weighted by molar-refractivity contribution is -0.145. The Morgan fingerprint density at radius 3 is 2.60 bits per heavy atom. The third-order valence-electron chi connectivity index (χ3n) is 0.585. The fraction of sp³-hybridized carbons (Fsp3) is 0.750. The van der Waals surface area contributed by atoms with Crippen molar-refractivity contribution in [2.45, 2.75) is 6.92 Å². The summed E-state index contributed by atoms with van der Waals surface area (Å²) >= 11 is 10.4. The number of ether oxygens (including phenoxy) is 1. The van der Waals surface area contributed by atoms with E-state index in [0.717, 1.165) is 0 Å². The normalized spacial score (nSPS) is 10.0. The van der Waals surface area contributed by atoms with Crippen LogP contribution in [0.2, 0.25) is 0 Å². The van der Waals surface area contributed by atoms with Gasteiger partial charge in [-0.15, -0.1) is 0 Å². The van der Waals surface area contributed by atoms with Crippen LogP contribution in [0.15, 0.2) is 0 Å². The molecule has 0 rings (SSSR count). The smallest absolute Gasteiger partial charge is 0.332 e. The molecule has 0 atom stereocenters. The fourth-order valence-electron chi connectivity index (χ4n) is 0.304. The van der Waals surface area contributed by atoms with Crippen molar-refractivity contribution in [3.05, 3.63) is 0 Å². The average molecular weight is 205 g/mol. The first-order chi connectivity index (χ1) is 4.66. The summed E-state index contributed by atoms with van der Waals surface area (Å²) in [6.45, 7) is 0.374. The van der Waals surface area contributed by atoms with Crippen molar-refractivity contribution < 1.29 is 14.1 Å². The fourth-order valence-corrected chi connectivity index (χ4v) is 0.800. The maximum Gasteiger partial charge on any atom is 0.332 e. The first kappa shape index (κ1) is 10.4. The van der Waals surface area contributed by atoms with Gasteiger partial charge in [0.05, 0.1) is 6.61 Å². The number of hydrogen-bond acceptors (Lipinski definition) is 3. The summed E-state index contributed by atoms with van der Waals surface area (Å²) < 4.78 is 9.10. The molecule has 0 saturated heterocycles. The third kappa shape index (κ3) is 6.56. The van der Waals surface area contributed by atoms with E-state index in [2.05, 4.69) is 9.26 Å². The molecule has 6 heteroatoms. The monoisotopic (exact) mass is 204 g/mol. The van der Waals surface area contributed by atoms with Crippen molar-refractivity contribution in [1.29, 1.82) is 0 Å². The van der Waals surface area contributed by atoms with E-state index in [1.807, 2.05) is 0 Å². The number of carbonyl (C=O) groups is 1. The summed E-state index contributed by atoms with van der Waals surface area (Å²) in [6.07, 6.45) is 0. The largest absolute Gasteiger partial charge is 0.464 e. The summed E-state index contributed by atoms with van der Waals surface area (Å²) in [6, 6.07) is 0. The van der Waals surface area contributed by atoms with Crippen LogP contribution in [-0.2, 0) is 14.1 Å². The highest BCUT2D eigenvalue weighted by atomic mass is 35.9. The molecule has 10 heavy (non-hydrogen) atoms. The molecule has 0 aliphatic carbocycles. The minimum atomic E-state index is -1.50. The Balaban J connectivity index is 3.22. The van der Waals surface area contributed by atoms with Crippen molar-refractivity contribution in [2.75, 3.05) is 13.2 Å². The van der Waals surface area contributed by atoms with Crippen LogP contribution in [0.4, 0.5) is 0 Å². The maximum absolute atomic E-state index is 10.5. The second kappa shape index (κ2) is 6.17. The van der Waals surface area contributed by atoms with Crippen LogP contribution < -0.4 is 0 Å². The van der Waals surface area contributed by atoms with Crippen LogP contribution in [-0.4, -0.2) is 19.2 Å². The standard InChI is InChI=1S/C4H7Cl2O3P/c1-2-8-4(7)3-9-10(5)6/h2-3H2,1H3. The first-order valence-electron chi connectivity index (χ1n) is 2.57. The van der Waals surface area contributed by atoms with Gasteiger partial charge in [0.15, 0.2) is 6.61 Å². The van der Waals surface area contributed by atoms with Crippen molar-refractivity contribution in [2.24, 2.45) is 0 Å². The van der Waals surface area contributed by atoms with Gasteiger partial charge in [-0.25, -0.2) is 4.79 Å². The van der Waals surface area contributed by atoms with Gasteiger partial charge in [0.1, 0.15) is 0 Å². The summed E-state index contributed by atoms with van der Waals surface area (Å²) in [5, 5.41) is 0. The Labute approximate surface area is 70.0 Å². The van der Waals surface area contributed by atoms with Gasteiger partial charge in [-0.05, 0) is 29.4 Å². The highest BCUT2D eigenvalue weighted by Gasteiger charge is 2.05. The lowest BCUT2D eigenvalue weighted by Gasteiger charge is -2.01. The molecular formula is C4H7Cl2O3P. The Kier molecular flexibility index (Phi) is 6.44. The molecule has 0 aromatic rings. The van der Waals surface area contributed by atoms with Crippen LogP contribution in [0.1, 0.15) is 6.92 Å². The average Bonchev–Trinajstić information content (AvgIpc) is 1.85. The maximum atomic E-state index is 10.5. The lowest BCUT2D eigenvalue weighted by Crippen LogP contribution is -2.09. The summed E-state index contributed by atoms with van der Waals surface area (Å²) in [5.41, 5.74) is 0. The van der Waals surface area contributed by atoms with Gasteiger partial charge in [-0.1, -0.05) is 0 Å². The van der Waals surface area contributed by atoms with Crippen LogP contribution in [0, 0.1) is 0 Å². The van der Waals surface area contributed by atoms with Crippen LogP contribution in [0.3, 0.4) is 0 Å². The Morgan fingerprint density at radius 2 is 2.20 bits per heavy atom. The van der Waals surface area contributed by atoms with Crippen LogP contribution in [0.5, 0.6) is 0 Å². The van der Waals surface area contributed by atoms with Gasteiger partial charge in [0.25, 0.3) is 0 Å². The lowest BCUT2D eigenvalue weighted by atomic mass is 10.7. The van der Waals surface area contributed by atoms with Gasteiger partial charge in [0, 0.05) is 0 Å². The van der Waals surface area contributed by atoms with E-state index in [1.54, 1.807) is 6.92 Å². The Morgan fingerprint density at radius 1 is 1.60 bits per heavy atom. The molecule has 0 aromatic heterocycles. The SMILES string of the molecule is CCOC(=O)COP(Cl)Cl. The number of rotatable bonds is 4. The van der Waals surface area contributed by atoms with Crippen LogP contribution in [0.25, 0.3) is 0 Å². The van der Waals surface area contributed by atoms with Crippen molar-refractivity contribution >= 4 is 35.3 Å². The molecule has 0 unspecified atom stereocenters. The molecule has 0 radical (unpaired) electrons. The summed E-state index contributed by atoms with van der Waals surface area (Å²) in [4.78, 5) is 10.5. The van der Waals surface area contributed by atoms with Gasteiger partial charge in [-0.2, -0.15) is 0 Å². The van der Waals surface area contributed by atoms with Crippen molar-refractivity contribution in [1.82, 2.24) is 0 Å². The quantitative estimate of drug-likeness (QED) is 0.521. The zero-order valence-corrected chi connectivity index (χ0v) is 7.75. The molecule has 0 aliphatic heterocycles. The third-order valence-corrected chi connectivity index (χ3v) is 1.50. The van der Waals surface area contributed by atoms with Gasteiger partial charge < -0.3 is 9.26 Å². The highest BCUT2D eigenvalue weighted by molar-refractivity contribution is 8.00. The molecule has 0 spiro atoms. The molecule has 0 aromatic carbocycles. The van der Waals surface area contributed by atoms with E-state index in [1.165, 1.54) is 0 Å². The van der Waals surface area contributed by atoms with E-state index in [9.17, 15) is 4.79 Å². The first-order valence-corrected chi connectivity index (χ1v) is 5.64. The van der Waals surface area contributed by atoms with E-state index in [4.69, 9.17) is 22.5 Å². The molecule has 0 amide bonds. The molecule has 3 nitrogen and oxygen atoms in total. The number of hydrogen-bond donors (Lipinski definition) is 0. The predicted molar refractivity (Wildman–Crippen MR) is 41.2 cm³/mol. The van der Waals surface area contributed by atoms with Gasteiger partial charge in [-0.3, -0.25) is 0 Å². The summed E-state index contributed by atoms with van der Waals surface area (Å²) in [7, 11) is 0. The highest BCUT2D eigenvalue weighted by Crippen LogP contribution is 2.47. The Bertz CT molecular complexity index is 109. The van der Waals surface area contributed by atoms with Gasteiger partial charge >= 0.3 is 5.97 Å². The minimum absolute atomic E-state index is 0.174. The second-order valence-electron chi connectivity index (χ2n) is 1.28. The zero-order chi connectivity index (χ0) is 7.98. The molecule has 0 saturated carbocycles. The van der Waals surface area contributed by atoms with Crippen LogP contribution >= 0.6 is 29.3 Å². The molecule has 0 N–H and O–H groups in total. The molecule has 0 bridgehead atoms. The van der Waals surface area contributed by atoms with Gasteiger partial charge in [0.2, 0.25) is 6.85 Å². The molecular weight excluding hydrogens is 198 g/mol. The molecule has 60 valence electrons. The van der Waals surface area contributed by atoms with Crippen molar-refractivity contribution in [3.63, 3.8) is 0 Å². The summed E-state index contributed by atoms with van der Waals surface area (Å²) in [5.74, 6) is -0.448. The molecule has 0 heterocycles. The zero-order valence-electron chi connectivity index (χ0n) is 5.34. The molecule has 0 fully saturated rings. The number of esters is 1.